The minimum absolute atomic E-state index is 0.00406. The predicted molar refractivity (Wildman–Crippen MR) is 62.0 cm³/mol. The summed E-state index contributed by atoms with van der Waals surface area (Å²) in [6.07, 6.45) is 0.595. The Morgan fingerprint density at radius 2 is 2.28 bits per heavy atom. The normalized spacial score (nSPS) is 8.94. The van der Waals surface area contributed by atoms with Crippen molar-refractivity contribution in [1.82, 2.24) is 0 Å². The summed E-state index contributed by atoms with van der Waals surface area (Å²) in [5, 5.41) is 10.8. The van der Waals surface area contributed by atoms with Gasteiger partial charge in [-0.1, -0.05) is 11.8 Å². The molecule has 6 nitrogen and oxygen atoms in total. The van der Waals surface area contributed by atoms with Crippen LogP contribution in [-0.4, -0.2) is 24.3 Å². The molecule has 1 aromatic rings. The molecule has 0 bridgehead atoms. The summed E-state index contributed by atoms with van der Waals surface area (Å²) in [5.41, 5.74) is -0.0732. The number of aldehydes is 1. The van der Waals surface area contributed by atoms with Crippen molar-refractivity contribution in [2.24, 2.45) is 0 Å². The molecule has 6 heteroatoms. The average molecular weight is 247 g/mol. The summed E-state index contributed by atoms with van der Waals surface area (Å²) >= 11 is 0. The van der Waals surface area contributed by atoms with Crippen molar-refractivity contribution >= 4 is 17.9 Å². The van der Waals surface area contributed by atoms with Gasteiger partial charge in [-0.3, -0.25) is 10.1 Å². The zero-order valence-corrected chi connectivity index (χ0v) is 9.50. The Kier molecular flexibility index (Phi) is 4.58. The van der Waals surface area contributed by atoms with Crippen LogP contribution < -0.4 is 0 Å². The minimum Gasteiger partial charge on any atom is -0.465 e. The van der Waals surface area contributed by atoms with Crippen LogP contribution in [0.1, 0.15) is 22.3 Å². The van der Waals surface area contributed by atoms with Gasteiger partial charge in [-0.2, -0.15) is 0 Å². The van der Waals surface area contributed by atoms with E-state index in [4.69, 9.17) is 0 Å². The van der Waals surface area contributed by atoms with Gasteiger partial charge in [-0.25, -0.2) is 4.79 Å². The number of carbonyl (C=O) groups excluding carboxylic acids is 2. The fraction of sp³-hybridized carbons (Fsp3) is 0.167. The lowest BCUT2D eigenvalue weighted by molar-refractivity contribution is -0.385. The Morgan fingerprint density at radius 3 is 2.83 bits per heavy atom. The van der Waals surface area contributed by atoms with Crippen molar-refractivity contribution in [1.29, 1.82) is 0 Å². The molecule has 0 spiro atoms. The number of carbonyl (C=O) groups is 2. The third kappa shape index (κ3) is 3.15. The maximum absolute atomic E-state index is 11.2. The van der Waals surface area contributed by atoms with Crippen LogP contribution in [0, 0.1) is 22.0 Å². The zero-order chi connectivity index (χ0) is 13.5. The molecule has 0 N–H and O–H groups in total. The SMILES string of the molecule is COC(=O)c1ccc(C#CCC=O)c([N+](=O)[O-])c1. The van der Waals surface area contributed by atoms with E-state index in [9.17, 15) is 19.7 Å². The van der Waals surface area contributed by atoms with Gasteiger partial charge < -0.3 is 9.53 Å². The Labute approximate surface area is 103 Å². The van der Waals surface area contributed by atoms with Crippen molar-refractivity contribution < 1.29 is 19.2 Å². The molecule has 0 atom stereocenters. The molecule has 92 valence electrons. The molecule has 0 aromatic heterocycles. The van der Waals surface area contributed by atoms with Gasteiger partial charge in [0.2, 0.25) is 0 Å². The molecule has 0 heterocycles. The highest BCUT2D eigenvalue weighted by atomic mass is 16.6. The quantitative estimate of drug-likeness (QED) is 0.264. The lowest BCUT2D eigenvalue weighted by Gasteiger charge is -2.00. The zero-order valence-electron chi connectivity index (χ0n) is 9.50. The number of benzene rings is 1. The number of hydrogen-bond donors (Lipinski definition) is 0. The maximum atomic E-state index is 11.2. The fourth-order valence-electron chi connectivity index (χ4n) is 1.22. The minimum atomic E-state index is -0.662. The highest BCUT2D eigenvalue weighted by molar-refractivity contribution is 5.90. The van der Waals surface area contributed by atoms with Crippen LogP contribution in [-0.2, 0) is 9.53 Å². The third-order valence-electron chi connectivity index (χ3n) is 2.02. The molecule has 0 saturated heterocycles. The molecule has 18 heavy (non-hydrogen) atoms. The van der Waals surface area contributed by atoms with Crippen LogP contribution >= 0.6 is 0 Å². The summed E-state index contributed by atoms with van der Waals surface area (Å²) in [7, 11) is 1.19. The molecule has 1 aromatic carbocycles. The fourth-order valence-corrected chi connectivity index (χ4v) is 1.22. The summed E-state index contributed by atoms with van der Waals surface area (Å²) < 4.78 is 4.47. The van der Waals surface area contributed by atoms with E-state index in [-0.39, 0.29) is 23.2 Å². The van der Waals surface area contributed by atoms with Crippen LogP contribution in [0.2, 0.25) is 0 Å². The molecule has 0 aliphatic heterocycles. The molecule has 0 amide bonds. The molecular formula is C12H9NO5. The van der Waals surface area contributed by atoms with Gasteiger partial charge in [0.05, 0.1) is 24.0 Å². The molecular weight excluding hydrogens is 238 g/mol. The smallest absolute Gasteiger partial charge is 0.338 e. The first-order valence-corrected chi connectivity index (χ1v) is 4.89. The topological polar surface area (TPSA) is 86.5 Å². The van der Waals surface area contributed by atoms with E-state index < -0.39 is 10.9 Å². The van der Waals surface area contributed by atoms with Crippen molar-refractivity contribution in [2.45, 2.75) is 6.42 Å². The number of ether oxygens (including phenoxy) is 1. The van der Waals surface area contributed by atoms with E-state index in [1.165, 1.54) is 19.2 Å². The van der Waals surface area contributed by atoms with E-state index in [0.717, 1.165) is 6.07 Å². The van der Waals surface area contributed by atoms with Crippen molar-refractivity contribution in [3.05, 3.63) is 39.4 Å². The molecule has 0 radical (unpaired) electrons. The van der Waals surface area contributed by atoms with Gasteiger partial charge in [-0.05, 0) is 12.1 Å². The van der Waals surface area contributed by atoms with Crippen LogP contribution in [0.3, 0.4) is 0 Å². The first kappa shape index (κ1) is 13.4. The van der Waals surface area contributed by atoms with Crippen molar-refractivity contribution in [3.63, 3.8) is 0 Å². The van der Waals surface area contributed by atoms with Gasteiger partial charge in [0.1, 0.15) is 11.8 Å². The third-order valence-corrected chi connectivity index (χ3v) is 2.02. The second-order valence-electron chi connectivity index (χ2n) is 3.15. The largest absolute Gasteiger partial charge is 0.465 e. The van der Waals surface area contributed by atoms with Crippen LogP contribution in [0.4, 0.5) is 5.69 Å². The van der Waals surface area contributed by atoms with Gasteiger partial charge in [-0.15, -0.1) is 0 Å². The lowest BCUT2D eigenvalue weighted by Crippen LogP contribution is -2.03. The number of nitro benzene ring substituents is 1. The Balaban J connectivity index is 3.22. The Bertz CT molecular complexity index is 553. The van der Waals surface area contributed by atoms with E-state index >= 15 is 0 Å². The molecule has 0 aliphatic rings. The summed E-state index contributed by atoms with van der Waals surface area (Å²) in [4.78, 5) is 31.5. The van der Waals surface area contributed by atoms with Gasteiger partial charge >= 0.3 is 5.97 Å². The Morgan fingerprint density at radius 1 is 1.56 bits per heavy atom. The van der Waals surface area contributed by atoms with Gasteiger partial charge in [0.15, 0.2) is 0 Å². The number of nitro groups is 1. The maximum Gasteiger partial charge on any atom is 0.338 e. The van der Waals surface area contributed by atoms with Crippen LogP contribution in [0.15, 0.2) is 18.2 Å². The number of nitrogens with zero attached hydrogens (tertiary/aromatic N) is 1. The van der Waals surface area contributed by atoms with Crippen LogP contribution in [0.25, 0.3) is 0 Å². The van der Waals surface area contributed by atoms with Gasteiger partial charge in [0.25, 0.3) is 5.69 Å². The second-order valence-corrected chi connectivity index (χ2v) is 3.15. The van der Waals surface area contributed by atoms with E-state index in [2.05, 4.69) is 16.6 Å². The van der Waals surface area contributed by atoms with E-state index in [1.54, 1.807) is 0 Å². The lowest BCUT2D eigenvalue weighted by atomic mass is 10.1. The predicted octanol–water partition coefficient (Wildman–Crippen LogP) is 1.32. The summed E-state index contributed by atoms with van der Waals surface area (Å²) in [5.74, 6) is 4.31. The van der Waals surface area contributed by atoms with E-state index in [1.807, 2.05) is 0 Å². The average Bonchev–Trinajstić information content (AvgIpc) is 2.38. The molecule has 0 fully saturated rings. The number of rotatable bonds is 3. The standard InChI is InChI=1S/C12H9NO5/c1-18-12(15)10-6-5-9(4-2-3-7-14)11(8-10)13(16)17/h5-8H,3H2,1H3. The number of hydrogen-bond acceptors (Lipinski definition) is 5. The van der Waals surface area contributed by atoms with Crippen LogP contribution in [0.5, 0.6) is 0 Å². The first-order valence-electron chi connectivity index (χ1n) is 4.89. The van der Waals surface area contributed by atoms with Crippen molar-refractivity contribution in [3.8, 4) is 11.8 Å². The molecule has 0 unspecified atom stereocenters. The Hall–Kier alpha value is -2.68. The monoisotopic (exact) mass is 247 g/mol. The molecule has 1 rings (SSSR count). The van der Waals surface area contributed by atoms with E-state index in [0.29, 0.717) is 6.29 Å². The molecule has 0 saturated carbocycles. The van der Waals surface area contributed by atoms with Crippen molar-refractivity contribution in [2.75, 3.05) is 7.11 Å². The summed E-state index contributed by atoms with van der Waals surface area (Å²) in [6.45, 7) is 0. The highest BCUT2D eigenvalue weighted by Gasteiger charge is 2.16. The number of esters is 1. The number of methoxy groups -OCH3 is 1. The highest BCUT2D eigenvalue weighted by Crippen LogP contribution is 2.20. The summed E-state index contributed by atoms with van der Waals surface area (Å²) in [6, 6.07) is 3.82. The van der Waals surface area contributed by atoms with Gasteiger partial charge in [0, 0.05) is 6.07 Å². The second kappa shape index (κ2) is 6.15. The molecule has 0 aliphatic carbocycles. The first-order chi connectivity index (χ1) is 8.60.